The Kier molecular flexibility index (Phi) is 5.03. The highest BCUT2D eigenvalue weighted by Crippen LogP contribution is 2.28. The number of hydrogen-bond acceptors (Lipinski definition) is 5. The van der Waals surface area contributed by atoms with E-state index >= 15 is 0 Å². The maximum Gasteiger partial charge on any atom is 0.161 e. The predicted octanol–water partition coefficient (Wildman–Crippen LogP) is 4.47. The van der Waals surface area contributed by atoms with Crippen LogP contribution in [0.2, 0.25) is 0 Å². The van der Waals surface area contributed by atoms with Crippen LogP contribution in [0.3, 0.4) is 0 Å². The Morgan fingerprint density at radius 3 is 2.59 bits per heavy atom. The van der Waals surface area contributed by atoms with Gasteiger partial charge in [0.2, 0.25) is 0 Å². The fraction of sp³-hybridized carbons (Fsp3) is 0.182. The highest BCUT2D eigenvalue weighted by atomic mass is 19.1. The van der Waals surface area contributed by atoms with Crippen molar-refractivity contribution >= 4 is 11.5 Å². The number of anilines is 1. The molecule has 1 N–H and O–H groups in total. The summed E-state index contributed by atoms with van der Waals surface area (Å²) in [6.45, 7) is 2.49. The molecular formula is C22H21FN4O2. The van der Waals surface area contributed by atoms with Crippen LogP contribution in [0.15, 0.2) is 54.6 Å². The van der Waals surface area contributed by atoms with Crippen LogP contribution in [-0.4, -0.2) is 28.8 Å². The van der Waals surface area contributed by atoms with Crippen molar-refractivity contribution in [2.24, 2.45) is 0 Å². The summed E-state index contributed by atoms with van der Waals surface area (Å²) in [5, 5.41) is 8.02. The molecule has 0 aliphatic rings. The molecule has 0 aliphatic carbocycles. The number of rotatable bonds is 6. The summed E-state index contributed by atoms with van der Waals surface area (Å²) < 4.78 is 26.0. The summed E-state index contributed by atoms with van der Waals surface area (Å²) in [6.07, 6.45) is 0. The van der Waals surface area contributed by atoms with Crippen LogP contribution in [0.25, 0.3) is 16.9 Å². The van der Waals surface area contributed by atoms with E-state index in [1.807, 2.05) is 43.3 Å². The van der Waals surface area contributed by atoms with Gasteiger partial charge in [-0.05, 0) is 36.8 Å². The van der Waals surface area contributed by atoms with Gasteiger partial charge in [0.15, 0.2) is 17.1 Å². The lowest BCUT2D eigenvalue weighted by atomic mass is 10.1. The second-order valence-corrected chi connectivity index (χ2v) is 6.64. The molecule has 0 saturated carbocycles. The summed E-state index contributed by atoms with van der Waals surface area (Å²) in [6, 6.07) is 15.9. The third kappa shape index (κ3) is 3.85. The number of nitrogens with one attached hydrogen (secondary N) is 1. The summed E-state index contributed by atoms with van der Waals surface area (Å²) in [4.78, 5) is 4.54. The van der Waals surface area contributed by atoms with E-state index in [1.54, 1.807) is 24.8 Å². The van der Waals surface area contributed by atoms with Crippen molar-refractivity contribution in [1.29, 1.82) is 0 Å². The highest BCUT2D eigenvalue weighted by molar-refractivity contribution is 5.65. The normalized spacial score (nSPS) is 10.9. The van der Waals surface area contributed by atoms with E-state index in [4.69, 9.17) is 9.47 Å². The SMILES string of the molecule is COc1ccc(CNc2cc(C)nc3cc(-c4cccc(F)c4)nn23)cc1OC. The van der Waals surface area contributed by atoms with Crippen molar-refractivity contribution in [3.8, 4) is 22.8 Å². The van der Waals surface area contributed by atoms with Crippen LogP contribution < -0.4 is 14.8 Å². The number of halogens is 1. The minimum absolute atomic E-state index is 0.296. The number of hydrogen-bond donors (Lipinski definition) is 1. The summed E-state index contributed by atoms with van der Waals surface area (Å²) in [7, 11) is 3.22. The number of ether oxygens (including phenoxy) is 2. The zero-order chi connectivity index (χ0) is 20.4. The molecule has 4 aromatic rings. The van der Waals surface area contributed by atoms with Gasteiger partial charge in [0, 0.05) is 29.9 Å². The Morgan fingerprint density at radius 1 is 1.00 bits per heavy atom. The van der Waals surface area contributed by atoms with Gasteiger partial charge in [-0.25, -0.2) is 9.37 Å². The molecule has 0 amide bonds. The second-order valence-electron chi connectivity index (χ2n) is 6.64. The quantitative estimate of drug-likeness (QED) is 0.524. The van der Waals surface area contributed by atoms with Crippen molar-refractivity contribution in [2.45, 2.75) is 13.5 Å². The molecule has 0 saturated heterocycles. The first kappa shape index (κ1) is 18.7. The fourth-order valence-electron chi connectivity index (χ4n) is 3.20. The monoisotopic (exact) mass is 392 g/mol. The van der Waals surface area contributed by atoms with Gasteiger partial charge in [-0.3, -0.25) is 0 Å². The molecule has 0 radical (unpaired) electrons. The minimum Gasteiger partial charge on any atom is -0.493 e. The Bertz CT molecular complexity index is 1170. The zero-order valence-electron chi connectivity index (χ0n) is 16.4. The van der Waals surface area contributed by atoms with E-state index in [0.29, 0.717) is 34.9 Å². The molecule has 7 heteroatoms. The smallest absolute Gasteiger partial charge is 0.161 e. The lowest BCUT2D eigenvalue weighted by Crippen LogP contribution is -2.07. The number of methoxy groups -OCH3 is 2. The molecule has 0 spiro atoms. The first-order valence-electron chi connectivity index (χ1n) is 9.15. The van der Waals surface area contributed by atoms with Crippen molar-refractivity contribution < 1.29 is 13.9 Å². The van der Waals surface area contributed by atoms with Gasteiger partial charge in [0.1, 0.15) is 11.6 Å². The van der Waals surface area contributed by atoms with Gasteiger partial charge >= 0.3 is 0 Å². The van der Waals surface area contributed by atoms with E-state index in [1.165, 1.54) is 12.1 Å². The number of nitrogens with zero attached hydrogens (tertiary/aromatic N) is 3. The van der Waals surface area contributed by atoms with Gasteiger partial charge in [-0.2, -0.15) is 9.61 Å². The Balaban J connectivity index is 1.65. The molecule has 0 atom stereocenters. The van der Waals surface area contributed by atoms with Gasteiger partial charge in [-0.1, -0.05) is 18.2 Å². The lowest BCUT2D eigenvalue weighted by Gasteiger charge is -2.12. The molecule has 2 aromatic heterocycles. The van der Waals surface area contributed by atoms with Gasteiger partial charge in [0.25, 0.3) is 0 Å². The van der Waals surface area contributed by atoms with Gasteiger partial charge in [0.05, 0.1) is 19.9 Å². The molecule has 0 bridgehead atoms. The van der Waals surface area contributed by atoms with E-state index in [2.05, 4.69) is 15.4 Å². The van der Waals surface area contributed by atoms with Crippen molar-refractivity contribution in [2.75, 3.05) is 19.5 Å². The van der Waals surface area contributed by atoms with Crippen LogP contribution in [0.5, 0.6) is 11.5 Å². The van der Waals surface area contributed by atoms with Gasteiger partial charge < -0.3 is 14.8 Å². The molecule has 0 aliphatic heterocycles. The molecule has 148 valence electrons. The van der Waals surface area contributed by atoms with E-state index in [-0.39, 0.29) is 5.82 Å². The van der Waals surface area contributed by atoms with E-state index in [9.17, 15) is 4.39 Å². The predicted molar refractivity (Wildman–Crippen MR) is 110 cm³/mol. The molecule has 0 fully saturated rings. The van der Waals surface area contributed by atoms with Crippen LogP contribution in [-0.2, 0) is 6.54 Å². The van der Waals surface area contributed by atoms with Crippen LogP contribution in [0, 0.1) is 12.7 Å². The number of aryl methyl sites for hydroxylation is 1. The first-order valence-corrected chi connectivity index (χ1v) is 9.15. The van der Waals surface area contributed by atoms with Crippen molar-refractivity contribution in [3.05, 3.63) is 71.7 Å². The van der Waals surface area contributed by atoms with Crippen LogP contribution >= 0.6 is 0 Å². The molecule has 29 heavy (non-hydrogen) atoms. The standard InChI is InChI=1S/C22H21FN4O2/c1-14-9-21(24-13-15-7-8-19(28-2)20(10-15)29-3)27-22(25-14)12-18(26-27)16-5-4-6-17(23)11-16/h4-12,24H,13H2,1-3H3. The molecule has 2 aromatic carbocycles. The topological polar surface area (TPSA) is 60.7 Å². The maximum absolute atomic E-state index is 13.6. The molecular weight excluding hydrogens is 371 g/mol. The summed E-state index contributed by atoms with van der Waals surface area (Å²) >= 11 is 0. The average Bonchev–Trinajstić information content (AvgIpc) is 3.15. The number of benzene rings is 2. The second kappa shape index (κ2) is 7.79. The molecule has 0 unspecified atom stereocenters. The zero-order valence-corrected chi connectivity index (χ0v) is 16.4. The van der Waals surface area contributed by atoms with Gasteiger partial charge in [-0.15, -0.1) is 0 Å². The lowest BCUT2D eigenvalue weighted by molar-refractivity contribution is 0.354. The third-order valence-electron chi connectivity index (χ3n) is 4.60. The van der Waals surface area contributed by atoms with Crippen LogP contribution in [0.1, 0.15) is 11.3 Å². The molecule has 2 heterocycles. The Labute approximate surface area is 167 Å². The Morgan fingerprint density at radius 2 is 1.83 bits per heavy atom. The van der Waals surface area contributed by atoms with Crippen LogP contribution in [0.4, 0.5) is 10.2 Å². The third-order valence-corrected chi connectivity index (χ3v) is 4.60. The fourth-order valence-corrected chi connectivity index (χ4v) is 3.20. The first-order chi connectivity index (χ1) is 14.1. The Hall–Kier alpha value is -3.61. The number of fused-ring (bicyclic) bond motifs is 1. The molecule has 4 rings (SSSR count). The number of aromatic nitrogens is 3. The highest BCUT2D eigenvalue weighted by Gasteiger charge is 2.11. The summed E-state index contributed by atoms with van der Waals surface area (Å²) in [5.41, 5.74) is 3.95. The largest absolute Gasteiger partial charge is 0.493 e. The summed E-state index contributed by atoms with van der Waals surface area (Å²) in [5.74, 6) is 1.86. The maximum atomic E-state index is 13.6. The average molecular weight is 392 g/mol. The molecule has 6 nitrogen and oxygen atoms in total. The van der Waals surface area contributed by atoms with Crippen molar-refractivity contribution in [1.82, 2.24) is 14.6 Å². The van der Waals surface area contributed by atoms with E-state index in [0.717, 1.165) is 17.1 Å². The minimum atomic E-state index is -0.296. The van der Waals surface area contributed by atoms with Crippen molar-refractivity contribution in [3.63, 3.8) is 0 Å². The van der Waals surface area contributed by atoms with E-state index < -0.39 is 0 Å².